The Balaban J connectivity index is 2.31. The highest BCUT2D eigenvalue weighted by Crippen LogP contribution is 2.42. The first-order valence-corrected chi connectivity index (χ1v) is 7.39. The lowest BCUT2D eigenvalue weighted by atomic mass is 9.95. The summed E-state index contributed by atoms with van der Waals surface area (Å²) in [6.45, 7) is 3.80. The van der Waals surface area contributed by atoms with E-state index in [0.29, 0.717) is 11.3 Å². The van der Waals surface area contributed by atoms with Crippen LogP contribution in [0.1, 0.15) is 24.2 Å². The van der Waals surface area contributed by atoms with Gasteiger partial charge in [0.2, 0.25) is 0 Å². The molecule has 1 heterocycles. The molecular weight excluding hydrogens is 252 g/mol. The van der Waals surface area contributed by atoms with Gasteiger partial charge in [-0.05, 0) is 13.8 Å². The van der Waals surface area contributed by atoms with Gasteiger partial charge in [-0.2, -0.15) is 0 Å². The number of hydrogen-bond donors (Lipinski definition) is 0. The zero-order chi connectivity index (χ0) is 12.5. The Hall–Kier alpha value is -0.740. The highest BCUT2D eigenvalue weighted by Gasteiger charge is 2.45. The van der Waals surface area contributed by atoms with E-state index >= 15 is 0 Å². The number of Topliss-reactive ketones (excluding diaryl/α,β-unsaturated/α-hetero) is 2. The fourth-order valence-electron chi connectivity index (χ4n) is 1.81. The predicted octanol–water partition coefficient (Wildman–Crippen LogP) is 3.02. The molecule has 2 unspecified atom stereocenters. The van der Waals surface area contributed by atoms with Crippen molar-refractivity contribution in [2.75, 3.05) is 5.75 Å². The Morgan fingerprint density at radius 3 is 2.65 bits per heavy atom. The molecule has 2 rings (SSSR count). The summed E-state index contributed by atoms with van der Waals surface area (Å²) in [6, 6.07) is 9.06. The van der Waals surface area contributed by atoms with E-state index in [1.165, 1.54) is 11.8 Å². The molecule has 1 fully saturated rings. The maximum Gasteiger partial charge on any atom is 0.186 e. The molecule has 2 nitrogen and oxygen atoms in total. The van der Waals surface area contributed by atoms with E-state index in [0.717, 1.165) is 0 Å². The third-order valence-corrected chi connectivity index (χ3v) is 5.66. The van der Waals surface area contributed by atoms with Crippen molar-refractivity contribution >= 4 is 35.1 Å². The third kappa shape index (κ3) is 2.43. The van der Waals surface area contributed by atoms with Gasteiger partial charge in [-0.15, -0.1) is 23.5 Å². The van der Waals surface area contributed by atoms with Crippen LogP contribution in [-0.4, -0.2) is 26.6 Å². The Morgan fingerprint density at radius 1 is 1.35 bits per heavy atom. The van der Waals surface area contributed by atoms with Crippen LogP contribution in [0.15, 0.2) is 30.3 Å². The van der Waals surface area contributed by atoms with E-state index in [2.05, 4.69) is 0 Å². The van der Waals surface area contributed by atoms with Gasteiger partial charge in [0, 0.05) is 10.1 Å². The minimum Gasteiger partial charge on any atom is -0.297 e. The first kappa shape index (κ1) is 12.7. The van der Waals surface area contributed by atoms with Crippen LogP contribution in [0.3, 0.4) is 0 Å². The molecule has 0 aromatic heterocycles. The van der Waals surface area contributed by atoms with Gasteiger partial charge in [0.1, 0.15) is 4.75 Å². The van der Waals surface area contributed by atoms with Gasteiger partial charge in [-0.3, -0.25) is 9.59 Å². The molecule has 17 heavy (non-hydrogen) atoms. The first-order valence-electron chi connectivity index (χ1n) is 5.46. The number of rotatable bonds is 2. The molecule has 0 radical (unpaired) electrons. The van der Waals surface area contributed by atoms with Gasteiger partial charge in [0.25, 0.3) is 0 Å². The standard InChI is InChI=1S/C13H14O2S2/c1-9-16-8-11(14)13(2,17-9)12(15)10-6-4-3-5-7-10/h3-7,9H,8H2,1-2H3. The lowest BCUT2D eigenvalue weighted by Gasteiger charge is -2.33. The second-order valence-electron chi connectivity index (χ2n) is 4.15. The summed E-state index contributed by atoms with van der Waals surface area (Å²) in [7, 11) is 0. The van der Waals surface area contributed by atoms with Crippen molar-refractivity contribution in [1.82, 2.24) is 0 Å². The molecule has 1 aliphatic heterocycles. The maximum atomic E-state index is 12.4. The molecule has 0 N–H and O–H groups in total. The van der Waals surface area contributed by atoms with Crippen LogP contribution in [0.4, 0.5) is 0 Å². The van der Waals surface area contributed by atoms with Gasteiger partial charge in [-0.25, -0.2) is 0 Å². The minimum absolute atomic E-state index is 0.0273. The fourth-order valence-corrected chi connectivity index (χ4v) is 4.72. The number of thioether (sulfide) groups is 2. The summed E-state index contributed by atoms with van der Waals surface area (Å²) >= 11 is 3.07. The number of ketones is 2. The zero-order valence-corrected chi connectivity index (χ0v) is 11.4. The molecule has 2 atom stereocenters. The average molecular weight is 266 g/mol. The second kappa shape index (κ2) is 4.86. The molecule has 1 aromatic rings. The van der Waals surface area contributed by atoms with Crippen molar-refractivity contribution in [3.8, 4) is 0 Å². The largest absolute Gasteiger partial charge is 0.297 e. The average Bonchev–Trinajstić information content (AvgIpc) is 2.34. The van der Waals surface area contributed by atoms with Gasteiger partial charge in [0.15, 0.2) is 11.6 Å². The predicted molar refractivity (Wildman–Crippen MR) is 73.7 cm³/mol. The lowest BCUT2D eigenvalue weighted by molar-refractivity contribution is -0.117. The van der Waals surface area contributed by atoms with Gasteiger partial charge >= 0.3 is 0 Å². The fraction of sp³-hybridized carbons (Fsp3) is 0.385. The molecule has 0 saturated carbocycles. The summed E-state index contributed by atoms with van der Waals surface area (Å²) < 4.78 is -0.628. The molecule has 0 aliphatic carbocycles. The van der Waals surface area contributed by atoms with E-state index in [4.69, 9.17) is 0 Å². The summed E-state index contributed by atoms with van der Waals surface area (Å²) in [5, 5.41) is 0. The van der Waals surface area contributed by atoms with E-state index in [-0.39, 0.29) is 16.1 Å². The smallest absolute Gasteiger partial charge is 0.186 e. The van der Waals surface area contributed by atoms with E-state index in [1.807, 2.05) is 25.1 Å². The highest BCUT2D eigenvalue weighted by atomic mass is 32.2. The van der Waals surface area contributed by atoms with Gasteiger partial charge in [-0.1, -0.05) is 30.3 Å². The quantitative estimate of drug-likeness (QED) is 0.608. The molecule has 90 valence electrons. The summed E-state index contributed by atoms with van der Waals surface area (Å²) in [6.07, 6.45) is 0. The van der Waals surface area contributed by atoms with Crippen LogP contribution >= 0.6 is 23.5 Å². The van der Waals surface area contributed by atoms with Crippen LogP contribution in [0.2, 0.25) is 0 Å². The van der Waals surface area contributed by atoms with Crippen molar-refractivity contribution in [2.45, 2.75) is 23.2 Å². The Bertz CT molecular complexity index is 444. The van der Waals surface area contributed by atoms with Crippen molar-refractivity contribution in [2.24, 2.45) is 0 Å². The van der Waals surface area contributed by atoms with Gasteiger partial charge in [0.05, 0.1) is 5.75 Å². The number of hydrogen-bond acceptors (Lipinski definition) is 4. The van der Waals surface area contributed by atoms with Crippen LogP contribution in [0.5, 0.6) is 0 Å². The molecule has 1 saturated heterocycles. The molecule has 4 heteroatoms. The van der Waals surface area contributed by atoms with E-state index < -0.39 is 4.75 Å². The lowest BCUT2D eigenvalue weighted by Crippen LogP contribution is -2.45. The van der Waals surface area contributed by atoms with Crippen LogP contribution in [-0.2, 0) is 4.79 Å². The van der Waals surface area contributed by atoms with Crippen molar-refractivity contribution in [1.29, 1.82) is 0 Å². The summed E-state index contributed by atoms with van der Waals surface area (Å²) in [5.41, 5.74) is 0.620. The van der Waals surface area contributed by atoms with Crippen LogP contribution < -0.4 is 0 Å². The molecule has 1 aliphatic rings. The first-order chi connectivity index (χ1) is 8.04. The molecular formula is C13H14O2S2. The van der Waals surface area contributed by atoms with E-state index in [9.17, 15) is 9.59 Å². The van der Waals surface area contributed by atoms with Gasteiger partial charge < -0.3 is 0 Å². The Labute approximate surface area is 110 Å². The number of carbonyl (C=O) groups excluding carboxylic acids is 2. The number of benzene rings is 1. The second-order valence-corrected chi connectivity index (χ2v) is 7.53. The van der Waals surface area contributed by atoms with Crippen molar-refractivity contribution in [3.05, 3.63) is 35.9 Å². The topological polar surface area (TPSA) is 34.1 Å². The highest BCUT2D eigenvalue weighted by molar-refractivity contribution is 8.19. The monoisotopic (exact) mass is 266 g/mol. The molecule has 0 bridgehead atoms. The molecule has 1 aromatic carbocycles. The van der Waals surface area contributed by atoms with E-state index in [1.54, 1.807) is 30.8 Å². The number of carbonyl (C=O) groups is 2. The SMILES string of the molecule is CC1SCC(=O)C(C)(C(=O)c2ccccc2)S1. The summed E-state index contributed by atoms with van der Waals surface area (Å²) in [4.78, 5) is 24.4. The normalized spacial score (nSPS) is 29.1. The summed E-state index contributed by atoms with van der Waals surface area (Å²) in [5.74, 6) is 0.392. The van der Waals surface area contributed by atoms with Crippen LogP contribution in [0, 0.1) is 0 Å². The van der Waals surface area contributed by atoms with Crippen molar-refractivity contribution in [3.63, 3.8) is 0 Å². The van der Waals surface area contributed by atoms with Crippen molar-refractivity contribution < 1.29 is 9.59 Å². The Morgan fingerprint density at radius 2 is 2.00 bits per heavy atom. The molecule has 0 amide bonds. The molecule has 0 spiro atoms. The maximum absolute atomic E-state index is 12.4. The minimum atomic E-state index is -0.911. The Kier molecular flexibility index (Phi) is 3.64. The zero-order valence-electron chi connectivity index (χ0n) is 9.80. The third-order valence-electron chi connectivity index (χ3n) is 2.85. The van der Waals surface area contributed by atoms with Crippen LogP contribution in [0.25, 0.3) is 0 Å².